The summed E-state index contributed by atoms with van der Waals surface area (Å²) in [6.45, 7) is 1.76. The van der Waals surface area contributed by atoms with E-state index in [0.29, 0.717) is 17.1 Å². The van der Waals surface area contributed by atoms with Crippen LogP contribution in [-0.4, -0.2) is 31.3 Å². The molecular formula is C18H21NO4. The highest BCUT2D eigenvalue weighted by Crippen LogP contribution is 2.23. The summed E-state index contributed by atoms with van der Waals surface area (Å²) in [6.07, 6.45) is -0.785. The second kappa shape index (κ2) is 7.65. The smallest absolute Gasteiger partial charge is 0.251 e. The van der Waals surface area contributed by atoms with Crippen LogP contribution in [-0.2, 0) is 0 Å². The first-order chi connectivity index (χ1) is 11.0. The summed E-state index contributed by atoms with van der Waals surface area (Å²) in [5.74, 6) is 0.765. The summed E-state index contributed by atoms with van der Waals surface area (Å²) in [4.78, 5) is 12.4. The number of amides is 1. The molecule has 5 heteroatoms. The van der Waals surface area contributed by atoms with Crippen molar-refractivity contribution >= 4 is 5.91 Å². The molecule has 5 nitrogen and oxygen atoms in total. The Morgan fingerprint density at radius 2 is 1.61 bits per heavy atom. The van der Waals surface area contributed by atoms with E-state index >= 15 is 0 Å². The molecule has 1 amide bonds. The number of carbonyl (C=O) groups excluding carboxylic acids is 1. The van der Waals surface area contributed by atoms with Crippen LogP contribution in [0, 0.1) is 0 Å². The lowest BCUT2D eigenvalue weighted by atomic mass is 10.0. The Bertz CT molecular complexity index is 635. The molecule has 0 saturated carbocycles. The van der Waals surface area contributed by atoms with E-state index in [4.69, 9.17) is 9.47 Å². The van der Waals surface area contributed by atoms with E-state index in [1.54, 1.807) is 25.1 Å². The van der Waals surface area contributed by atoms with Crippen LogP contribution in [0.1, 0.15) is 28.9 Å². The summed E-state index contributed by atoms with van der Waals surface area (Å²) < 4.78 is 10.3. The van der Waals surface area contributed by atoms with Gasteiger partial charge in [-0.1, -0.05) is 30.3 Å². The minimum atomic E-state index is -0.785. The molecule has 0 heterocycles. The number of hydrogen-bond acceptors (Lipinski definition) is 4. The third-order valence-electron chi connectivity index (χ3n) is 3.59. The maximum absolute atomic E-state index is 12.4. The van der Waals surface area contributed by atoms with Gasteiger partial charge in [0.25, 0.3) is 5.91 Å². The molecule has 0 aliphatic heterocycles. The van der Waals surface area contributed by atoms with Crippen LogP contribution in [0.25, 0.3) is 0 Å². The van der Waals surface area contributed by atoms with E-state index in [1.165, 1.54) is 14.2 Å². The number of aliphatic hydroxyl groups is 1. The van der Waals surface area contributed by atoms with E-state index in [1.807, 2.05) is 30.3 Å². The van der Waals surface area contributed by atoms with Crippen molar-refractivity contribution in [1.29, 1.82) is 0 Å². The van der Waals surface area contributed by atoms with Gasteiger partial charge in [-0.15, -0.1) is 0 Å². The van der Waals surface area contributed by atoms with Gasteiger partial charge in [-0.2, -0.15) is 0 Å². The van der Waals surface area contributed by atoms with Crippen molar-refractivity contribution in [3.05, 3.63) is 59.7 Å². The van der Waals surface area contributed by atoms with E-state index in [-0.39, 0.29) is 5.91 Å². The molecule has 122 valence electrons. The van der Waals surface area contributed by atoms with Gasteiger partial charge in [-0.05, 0) is 24.6 Å². The molecule has 2 aromatic carbocycles. The van der Waals surface area contributed by atoms with Gasteiger partial charge >= 0.3 is 0 Å². The molecule has 0 aliphatic rings. The normalized spacial score (nSPS) is 13.0. The zero-order valence-corrected chi connectivity index (χ0v) is 13.4. The minimum Gasteiger partial charge on any atom is -0.497 e. The number of nitrogens with one attached hydrogen (secondary N) is 1. The Hall–Kier alpha value is -2.53. The topological polar surface area (TPSA) is 67.8 Å². The zero-order valence-electron chi connectivity index (χ0n) is 13.4. The fourth-order valence-corrected chi connectivity index (χ4v) is 2.25. The van der Waals surface area contributed by atoms with Gasteiger partial charge in [-0.25, -0.2) is 0 Å². The summed E-state index contributed by atoms with van der Waals surface area (Å²) in [6, 6.07) is 13.7. The lowest BCUT2D eigenvalue weighted by molar-refractivity contribution is 0.0851. The SMILES string of the molecule is COc1cc(OC)cc(C(=O)N[C@@H](C)[C@@H](O)c2ccccc2)c1. The Balaban J connectivity index is 2.12. The van der Waals surface area contributed by atoms with Gasteiger partial charge in [0, 0.05) is 11.6 Å². The molecule has 2 atom stereocenters. The first kappa shape index (κ1) is 16.8. The highest BCUT2D eigenvalue weighted by Gasteiger charge is 2.19. The zero-order chi connectivity index (χ0) is 16.8. The van der Waals surface area contributed by atoms with Crippen LogP contribution in [0.3, 0.4) is 0 Å². The average Bonchev–Trinajstić information content (AvgIpc) is 2.61. The largest absolute Gasteiger partial charge is 0.497 e. The van der Waals surface area contributed by atoms with Crippen molar-refractivity contribution in [2.75, 3.05) is 14.2 Å². The van der Waals surface area contributed by atoms with Crippen molar-refractivity contribution in [2.24, 2.45) is 0 Å². The van der Waals surface area contributed by atoms with Crippen molar-refractivity contribution in [1.82, 2.24) is 5.32 Å². The van der Waals surface area contributed by atoms with Crippen molar-refractivity contribution in [3.8, 4) is 11.5 Å². The average molecular weight is 315 g/mol. The quantitative estimate of drug-likeness (QED) is 0.859. The molecule has 0 radical (unpaired) electrons. The standard InChI is InChI=1S/C18H21NO4/c1-12(17(20)13-7-5-4-6-8-13)19-18(21)14-9-15(22-2)11-16(10-14)23-3/h4-12,17,20H,1-3H3,(H,19,21)/t12-,17+/m0/s1. The predicted octanol–water partition coefficient (Wildman–Crippen LogP) is 2.56. The lowest BCUT2D eigenvalue weighted by Crippen LogP contribution is -2.37. The first-order valence-corrected chi connectivity index (χ1v) is 7.32. The summed E-state index contributed by atoms with van der Waals surface area (Å²) >= 11 is 0. The maximum Gasteiger partial charge on any atom is 0.251 e. The van der Waals surface area contributed by atoms with Gasteiger partial charge in [-0.3, -0.25) is 4.79 Å². The monoisotopic (exact) mass is 315 g/mol. The molecule has 0 unspecified atom stereocenters. The third-order valence-corrected chi connectivity index (χ3v) is 3.59. The van der Waals surface area contributed by atoms with Crippen molar-refractivity contribution in [2.45, 2.75) is 19.1 Å². The summed E-state index contributed by atoms with van der Waals surface area (Å²) in [7, 11) is 3.05. The third kappa shape index (κ3) is 4.23. The molecule has 2 aromatic rings. The molecule has 23 heavy (non-hydrogen) atoms. The first-order valence-electron chi connectivity index (χ1n) is 7.32. The lowest BCUT2D eigenvalue weighted by Gasteiger charge is -2.21. The molecule has 0 aromatic heterocycles. The second-order valence-corrected chi connectivity index (χ2v) is 5.22. The number of ether oxygens (including phenoxy) is 2. The molecule has 2 N–H and O–H groups in total. The number of carbonyl (C=O) groups is 1. The fourth-order valence-electron chi connectivity index (χ4n) is 2.25. The Morgan fingerprint density at radius 1 is 1.04 bits per heavy atom. The molecule has 0 bridgehead atoms. The van der Waals surface area contributed by atoms with Crippen LogP contribution in [0.2, 0.25) is 0 Å². The molecule has 2 rings (SSSR count). The summed E-state index contributed by atoms with van der Waals surface area (Å²) in [5, 5.41) is 13.1. The Labute approximate surface area is 135 Å². The van der Waals surface area contributed by atoms with E-state index in [0.717, 1.165) is 5.56 Å². The molecule has 0 saturated heterocycles. The number of benzene rings is 2. The number of methoxy groups -OCH3 is 2. The maximum atomic E-state index is 12.4. The van der Waals surface area contributed by atoms with Gasteiger partial charge in [0.05, 0.1) is 26.4 Å². The van der Waals surface area contributed by atoms with Crippen LogP contribution in [0.5, 0.6) is 11.5 Å². The second-order valence-electron chi connectivity index (χ2n) is 5.22. The van der Waals surface area contributed by atoms with E-state index in [9.17, 15) is 9.90 Å². The van der Waals surface area contributed by atoms with Gasteiger partial charge in [0.15, 0.2) is 0 Å². The minimum absolute atomic E-state index is 0.301. The van der Waals surface area contributed by atoms with Gasteiger partial charge in [0.1, 0.15) is 11.5 Å². The Kier molecular flexibility index (Phi) is 5.60. The molecular weight excluding hydrogens is 294 g/mol. The Morgan fingerprint density at radius 3 is 2.13 bits per heavy atom. The number of rotatable bonds is 6. The molecule has 0 aliphatic carbocycles. The molecule has 0 fully saturated rings. The number of aliphatic hydroxyl groups excluding tert-OH is 1. The highest BCUT2D eigenvalue weighted by molar-refractivity contribution is 5.95. The fraction of sp³-hybridized carbons (Fsp3) is 0.278. The van der Waals surface area contributed by atoms with Crippen LogP contribution < -0.4 is 14.8 Å². The van der Waals surface area contributed by atoms with Crippen LogP contribution in [0.4, 0.5) is 0 Å². The van der Waals surface area contributed by atoms with Gasteiger partial charge in [0.2, 0.25) is 0 Å². The van der Waals surface area contributed by atoms with E-state index in [2.05, 4.69) is 5.32 Å². The summed E-state index contributed by atoms with van der Waals surface area (Å²) in [5.41, 5.74) is 1.16. The van der Waals surface area contributed by atoms with Gasteiger partial charge < -0.3 is 19.9 Å². The van der Waals surface area contributed by atoms with Crippen molar-refractivity contribution < 1.29 is 19.4 Å². The van der Waals surface area contributed by atoms with Crippen LogP contribution in [0.15, 0.2) is 48.5 Å². The van der Waals surface area contributed by atoms with E-state index < -0.39 is 12.1 Å². The highest BCUT2D eigenvalue weighted by atomic mass is 16.5. The number of hydrogen-bond donors (Lipinski definition) is 2. The molecule has 0 spiro atoms. The van der Waals surface area contributed by atoms with Crippen LogP contribution >= 0.6 is 0 Å². The van der Waals surface area contributed by atoms with Crippen molar-refractivity contribution in [3.63, 3.8) is 0 Å². The predicted molar refractivity (Wildman–Crippen MR) is 87.9 cm³/mol.